The highest BCUT2D eigenvalue weighted by Crippen LogP contribution is 2.26. The largest absolute Gasteiger partial charge is 0.356 e. The molecular weight excluding hydrogens is 398 g/mol. The van der Waals surface area contributed by atoms with Gasteiger partial charge in [-0.3, -0.25) is 4.79 Å². The number of carbonyl (C=O) groups is 1. The second-order valence-corrected chi connectivity index (χ2v) is 9.79. The van der Waals surface area contributed by atoms with Crippen molar-refractivity contribution in [3.8, 4) is 0 Å². The van der Waals surface area contributed by atoms with Crippen LogP contribution in [0.15, 0.2) is 65.7 Å². The molecule has 0 fully saturated rings. The highest BCUT2D eigenvalue weighted by atomic mass is 32.2. The summed E-state index contributed by atoms with van der Waals surface area (Å²) < 4.78 is 27.8. The Morgan fingerprint density at radius 2 is 1.43 bits per heavy atom. The van der Waals surface area contributed by atoms with E-state index in [0.717, 1.165) is 17.5 Å². The second kappa shape index (κ2) is 7.41. The van der Waals surface area contributed by atoms with Crippen molar-refractivity contribution in [3.63, 3.8) is 0 Å². The Morgan fingerprint density at radius 1 is 0.833 bits per heavy atom. The fourth-order valence-electron chi connectivity index (χ4n) is 4.31. The molecule has 0 spiro atoms. The van der Waals surface area contributed by atoms with Gasteiger partial charge in [0.15, 0.2) is 0 Å². The van der Waals surface area contributed by atoms with Gasteiger partial charge in [-0.25, -0.2) is 8.42 Å². The molecule has 0 radical (unpaired) electrons. The monoisotopic (exact) mass is 421 g/mol. The standard InChI is InChI=1S/C23H23N3O3S/c27-23(25-11-9-17-5-1-3-7-19(17)15-25)22-13-21(14-24-22)30(28,29)26-12-10-18-6-2-4-8-20(18)16-26/h1-8,13-14,24H,9-12,15-16H2. The molecule has 3 aromatic rings. The summed E-state index contributed by atoms with van der Waals surface area (Å²) >= 11 is 0. The normalized spacial score (nSPS) is 16.7. The van der Waals surface area contributed by atoms with Gasteiger partial charge in [0, 0.05) is 32.4 Å². The van der Waals surface area contributed by atoms with E-state index in [2.05, 4.69) is 11.1 Å². The zero-order valence-corrected chi connectivity index (χ0v) is 17.4. The van der Waals surface area contributed by atoms with Gasteiger partial charge < -0.3 is 9.88 Å². The lowest BCUT2D eigenvalue weighted by molar-refractivity contribution is 0.0729. The molecule has 7 heteroatoms. The minimum Gasteiger partial charge on any atom is -0.356 e. The third-order valence-electron chi connectivity index (χ3n) is 6.04. The number of nitrogens with zero attached hydrogens (tertiary/aromatic N) is 2. The van der Waals surface area contributed by atoms with Crippen LogP contribution >= 0.6 is 0 Å². The molecular formula is C23H23N3O3S. The molecule has 0 saturated heterocycles. The molecule has 1 amide bonds. The molecule has 0 atom stereocenters. The molecule has 3 heterocycles. The zero-order valence-electron chi connectivity index (χ0n) is 16.5. The molecule has 6 nitrogen and oxygen atoms in total. The Labute approximate surface area is 176 Å². The molecule has 0 unspecified atom stereocenters. The second-order valence-electron chi connectivity index (χ2n) is 7.85. The van der Waals surface area contributed by atoms with E-state index in [1.54, 1.807) is 4.90 Å². The maximum atomic E-state index is 13.2. The summed E-state index contributed by atoms with van der Waals surface area (Å²) in [5.74, 6) is -0.171. The van der Waals surface area contributed by atoms with E-state index in [1.165, 1.54) is 27.7 Å². The van der Waals surface area contributed by atoms with Gasteiger partial charge in [-0.1, -0.05) is 48.5 Å². The van der Waals surface area contributed by atoms with E-state index in [-0.39, 0.29) is 10.8 Å². The third kappa shape index (κ3) is 3.34. The van der Waals surface area contributed by atoms with Crippen LogP contribution in [0.4, 0.5) is 0 Å². The molecule has 154 valence electrons. The molecule has 0 bridgehead atoms. The number of nitrogens with one attached hydrogen (secondary N) is 1. The van der Waals surface area contributed by atoms with Crippen molar-refractivity contribution in [3.05, 3.63) is 88.7 Å². The number of hydrogen-bond donors (Lipinski definition) is 1. The van der Waals surface area contributed by atoms with E-state index in [9.17, 15) is 13.2 Å². The Bertz CT molecular complexity index is 1220. The summed E-state index contributed by atoms with van der Waals surface area (Å²) in [6.07, 6.45) is 2.93. The third-order valence-corrected chi connectivity index (χ3v) is 7.86. The van der Waals surface area contributed by atoms with Gasteiger partial charge in [0.25, 0.3) is 5.91 Å². The van der Waals surface area contributed by atoms with Crippen LogP contribution in [-0.2, 0) is 36.0 Å². The Kier molecular flexibility index (Phi) is 4.72. The fourth-order valence-corrected chi connectivity index (χ4v) is 5.72. The van der Waals surface area contributed by atoms with Gasteiger partial charge in [0.1, 0.15) is 10.6 Å². The number of amides is 1. The van der Waals surface area contributed by atoms with E-state index < -0.39 is 10.0 Å². The number of carbonyl (C=O) groups excluding carboxylic acids is 1. The number of sulfonamides is 1. The van der Waals surface area contributed by atoms with Crippen molar-refractivity contribution in [1.82, 2.24) is 14.2 Å². The van der Waals surface area contributed by atoms with Crippen LogP contribution in [0.2, 0.25) is 0 Å². The minimum atomic E-state index is -3.67. The number of aromatic nitrogens is 1. The Hall–Kier alpha value is -2.90. The fraction of sp³-hybridized carbons (Fsp3) is 0.261. The topological polar surface area (TPSA) is 73.5 Å². The van der Waals surface area contributed by atoms with Crippen LogP contribution in [0.5, 0.6) is 0 Å². The van der Waals surface area contributed by atoms with Crippen LogP contribution in [0.25, 0.3) is 0 Å². The van der Waals surface area contributed by atoms with E-state index >= 15 is 0 Å². The van der Waals surface area contributed by atoms with Crippen LogP contribution in [0.1, 0.15) is 32.7 Å². The lowest BCUT2D eigenvalue weighted by atomic mass is 10.00. The first-order valence-electron chi connectivity index (χ1n) is 10.1. The summed E-state index contributed by atoms with van der Waals surface area (Å²) in [7, 11) is -3.67. The first-order chi connectivity index (χ1) is 14.5. The summed E-state index contributed by atoms with van der Waals surface area (Å²) in [5, 5.41) is 0. The van der Waals surface area contributed by atoms with E-state index in [1.807, 2.05) is 42.5 Å². The van der Waals surface area contributed by atoms with Crippen LogP contribution in [-0.4, -0.2) is 41.6 Å². The molecule has 0 aliphatic carbocycles. The molecule has 5 rings (SSSR count). The number of benzene rings is 2. The van der Waals surface area contributed by atoms with Crippen LogP contribution in [0.3, 0.4) is 0 Å². The highest BCUT2D eigenvalue weighted by Gasteiger charge is 2.30. The molecule has 1 N–H and O–H groups in total. The van der Waals surface area contributed by atoms with Gasteiger partial charge >= 0.3 is 0 Å². The van der Waals surface area contributed by atoms with Gasteiger partial charge in [-0.2, -0.15) is 4.31 Å². The number of aromatic amines is 1. The first-order valence-corrected chi connectivity index (χ1v) is 11.6. The molecule has 1 aromatic heterocycles. The summed E-state index contributed by atoms with van der Waals surface area (Å²) in [6.45, 7) is 1.96. The van der Waals surface area contributed by atoms with Crippen LogP contribution < -0.4 is 0 Å². The number of rotatable bonds is 3. The quantitative estimate of drug-likeness (QED) is 0.707. The smallest absolute Gasteiger partial charge is 0.270 e. The van der Waals surface area contributed by atoms with Crippen molar-refractivity contribution in [2.75, 3.05) is 13.1 Å². The van der Waals surface area contributed by atoms with Gasteiger partial charge in [-0.05, 0) is 41.2 Å². The van der Waals surface area contributed by atoms with Gasteiger partial charge in [0.05, 0.1) is 0 Å². The predicted molar refractivity (Wildman–Crippen MR) is 113 cm³/mol. The first kappa shape index (κ1) is 19.1. The SMILES string of the molecule is O=C(c1cc(S(=O)(=O)N2CCc3ccccc3C2)c[nH]1)N1CCc2ccccc2C1. The average Bonchev–Trinajstić information content (AvgIpc) is 3.29. The molecule has 2 aliphatic rings. The molecule has 2 aromatic carbocycles. The van der Waals surface area contributed by atoms with Crippen molar-refractivity contribution in [2.45, 2.75) is 30.8 Å². The molecule has 2 aliphatic heterocycles. The van der Waals surface area contributed by atoms with Gasteiger partial charge in [-0.15, -0.1) is 0 Å². The Balaban J connectivity index is 1.35. The van der Waals surface area contributed by atoms with Crippen molar-refractivity contribution in [2.24, 2.45) is 0 Å². The number of hydrogen-bond acceptors (Lipinski definition) is 3. The van der Waals surface area contributed by atoms with Gasteiger partial charge in [0.2, 0.25) is 10.0 Å². The maximum Gasteiger partial charge on any atom is 0.270 e. The van der Waals surface area contributed by atoms with E-state index in [0.29, 0.717) is 38.3 Å². The predicted octanol–water partition coefficient (Wildman–Crippen LogP) is 2.96. The lowest BCUT2D eigenvalue weighted by Gasteiger charge is -2.28. The lowest BCUT2D eigenvalue weighted by Crippen LogP contribution is -2.36. The summed E-state index contributed by atoms with van der Waals surface area (Å²) in [5.41, 5.74) is 4.95. The summed E-state index contributed by atoms with van der Waals surface area (Å²) in [6, 6.07) is 17.5. The molecule has 30 heavy (non-hydrogen) atoms. The van der Waals surface area contributed by atoms with Crippen LogP contribution in [0, 0.1) is 0 Å². The zero-order chi connectivity index (χ0) is 20.7. The number of H-pyrrole nitrogens is 1. The van der Waals surface area contributed by atoms with Crippen molar-refractivity contribution < 1.29 is 13.2 Å². The Morgan fingerprint density at radius 3 is 2.13 bits per heavy atom. The summed E-state index contributed by atoms with van der Waals surface area (Å²) in [4.78, 5) is 17.8. The average molecular weight is 422 g/mol. The molecule has 0 saturated carbocycles. The van der Waals surface area contributed by atoms with Crippen molar-refractivity contribution in [1.29, 1.82) is 0 Å². The van der Waals surface area contributed by atoms with E-state index in [4.69, 9.17) is 0 Å². The number of fused-ring (bicyclic) bond motifs is 2. The minimum absolute atomic E-state index is 0.141. The maximum absolute atomic E-state index is 13.2. The highest BCUT2D eigenvalue weighted by molar-refractivity contribution is 7.89. The van der Waals surface area contributed by atoms with Crippen molar-refractivity contribution >= 4 is 15.9 Å².